The lowest BCUT2D eigenvalue weighted by Crippen LogP contribution is -2.16. The van der Waals surface area contributed by atoms with Gasteiger partial charge in [0, 0.05) is 60.0 Å². The second-order valence-corrected chi connectivity index (χ2v) is 22.4. The average molecular weight is 1160 g/mol. The highest BCUT2D eigenvalue weighted by Gasteiger charge is 2.38. The van der Waals surface area contributed by atoms with E-state index in [1.54, 1.807) is 48.5 Å². The molecule has 10 aromatic carbocycles. The number of nitriles is 8. The normalized spacial score (nSPS) is 11.3. The van der Waals surface area contributed by atoms with E-state index in [0.29, 0.717) is 194 Å². The Balaban J connectivity index is 1.32. The second kappa shape index (κ2) is 19.8. The maximum atomic E-state index is 10.7. The molecule has 0 aliphatic rings. The fourth-order valence-electron chi connectivity index (χ4n) is 13.6. The van der Waals surface area contributed by atoms with Gasteiger partial charge in [0.2, 0.25) is 5.89 Å². The van der Waals surface area contributed by atoms with Crippen LogP contribution in [0.3, 0.4) is 0 Å². The first kappa shape index (κ1) is 52.5. The van der Waals surface area contributed by atoms with Gasteiger partial charge in [-0.25, -0.2) is 4.98 Å². The molecule has 0 atom stereocenters. The molecule has 0 spiro atoms. The third-order valence-corrected chi connectivity index (χ3v) is 17.3. The van der Waals surface area contributed by atoms with Gasteiger partial charge in [0.1, 0.15) is 5.52 Å². The van der Waals surface area contributed by atoms with Gasteiger partial charge in [-0.1, -0.05) is 12.1 Å². The monoisotopic (exact) mass is 1160 g/mol. The predicted octanol–water partition coefficient (Wildman–Crippen LogP) is 16.5. The van der Waals surface area contributed by atoms with Crippen molar-refractivity contribution in [3.63, 3.8) is 0 Å². The quantitative estimate of drug-likeness (QED) is 0.151. The zero-order valence-corrected chi connectivity index (χ0v) is 48.0. The summed E-state index contributed by atoms with van der Waals surface area (Å²) in [4.78, 5) is 10.5. The van der Waals surface area contributed by atoms with Crippen LogP contribution in [0.1, 0.15) is 55.9 Å². The summed E-state index contributed by atoms with van der Waals surface area (Å²) in [5, 5.41) is 90.6. The number of fused-ring (bicyclic) bond motifs is 13. The number of aryl methyl sites for hydroxylation is 2. The minimum absolute atomic E-state index is 0.149. The van der Waals surface area contributed by atoms with E-state index in [-0.39, 0.29) is 5.89 Å². The van der Waals surface area contributed by atoms with Gasteiger partial charge in [0.15, 0.2) is 5.58 Å². The Labute approximate surface area is 516 Å². The van der Waals surface area contributed by atoms with Crippen molar-refractivity contribution in [1.29, 1.82) is 42.1 Å². The van der Waals surface area contributed by atoms with Gasteiger partial charge < -0.3 is 22.7 Å². The van der Waals surface area contributed by atoms with Crippen molar-refractivity contribution in [1.82, 2.24) is 28.2 Å². The van der Waals surface area contributed by atoms with E-state index in [2.05, 4.69) is 66.8 Å². The predicted molar refractivity (Wildman–Crippen MR) is 347 cm³/mol. The molecule has 0 amide bonds. The van der Waals surface area contributed by atoms with Crippen LogP contribution in [0, 0.1) is 104 Å². The molecule has 0 bridgehead atoms. The van der Waals surface area contributed by atoms with Crippen LogP contribution in [-0.2, 0) is 0 Å². The van der Waals surface area contributed by atoms with Crippen LogP contribution < -0.4 is 0 Å². The smallest absolute Gasteiger partial charge is 0.231 e. The summed E-state index contributed by atoms with van der Waals surface area (Å²) >= 11 is 0. The van der Waals surface area contributed by atoms with E-state index in [1.165, 1.54) is 0 Å². The van der Waals surface area contributed by atoms with Crippen molar-refractivity contribution in [3.05, 3.63) is 238 Å². The number of hydrogen-bond donors (Lipinski definition) is 0. The lowest BCUT2D eigenvalue weighted by molar-refractivity contribution is 0.619. The molecule has 15 nitrogen and oxygen atoms in total. The largest absolute Gasteiger partial charge is 0.436 e. The van der Waals surface area contributed by atoms with E-state index < -0.39 is 0 Å². The minimum atomic E-state index is 0.149. The summed E-state index contributed by atoms with van der Waals surface area (Å²) in [5.41, 5.74) is 14.1. The number of hydrogen-bond acceptors (Lipinski definition) is 11. The third kappa shape index (κ3) is 7.65. The van der Waals surface area contributed by atoms with Crippen molar-refractivity contribution in [2.24, 2.45) is 0 Å². The highest BCUT2D eigenvalue weighted by atomic mass is 16.3. The lowest BCUT2D eigenvalue weighted by atomic mass is 9.92. The number of oxazole rings is 1. The van der Waals surface area contributed by atoms with Crippen molar-refractivity contribution in [2.45, 2.75) is 13.8 Å². The summed E-state index contributed by atoms with van der Waals surface area (Å²) in [5.74, 6) is 0.149. The highest BCUT2D eigenvalue weighted by molar-refractivity contribution is 6.19. The Hall–Kier alpha value is -14.1. The van der Waals surface area contributed by atoms with Crippen LogP contribution in [0.15, 0.2) is 186 Å². The summed E-state index contributed by atoms with van der Waals surface area (Å²) < 4.78 is 15.9. The number of aromatic nitrogens is 6. The topological polar surface area (TPSA) is 249 Å². The molecule has 0 saturated carbocycles. The number of nitrogens with zero attached hydrogens (tertiary/aromatic N) is 14. The van der Waals surface area contributed by atoms with Crippen LogP contribution in [-0.4, -0.2) is 28.2 Å². The fourth-order valence-corrected chi connectivity index (χ4v) is 13.6. The van der Waals surface area contributed by atoms with E-state index >= 15 is 0 Å². The second-order valence-electron chi connectivity index (χ2n) is 22.4. The molecule has 6 heterocycles. The van der Waals surface area contributed by atoms with Gasteiger partial charge in [0.05, 0.1) is 166 Å². The zero-order valence-electron chi connectivity index (χ0n) is 48.0. The highest BCUT2D eigenvalue weighted by Crippen LogP contribution is 2.55. The maximum absolute atomic E-state index is 10.7. The van der Waals surface area contributed by atoms with Gasteiger partial charge >= 0.3 is 0 Å². The molecule has 0 saturated heterocycles. The minimum Gasteiger partial charge on any atom is -0.436 e. The van der Waals surface area contributed by atoms with Gasteiger partial charge in [-0.05, 0) is 189 Å². The first-order valence-electron chi connectivity index (χ1n) is 28.7. The standard InChI is InChI=1S/C76H36N14O/c1-41-23-51(24-42(2)85-41)70-72(87-61-15-7-43(33-77)25-52(61)53-26-44(34-78)8-16-62(53)87)74(89-65-19-11-47(37-81)29-56(65)57-30-48(38-82)12-20-66(57)89)71(76-86-60-5-3-4-6-69(60)91-76)75(90-67-21-13-49(39-83)31-58(67)59-32-50(40-84)14-22-68(59)90)73(70)88-63-17-9-45(35-79)27-54(63)55-28-46(36-80)10-18-64(55)88/h3-32H,1-2H3. The Morgan fingerprint density at radius 3 is 0.802 bits per heavy atom. The van der Waals surface area contributed by atoms with Crippen molar-refractivity contribution < 1.29 is 4.42 Å². The van der Waals surface area contributed by atoms with E-state index in [1.807, 2.05) is 147 Å². The molecule has 0 N–H and O–H groups in total. The molecule has 0 unspecified atom stereocenters. The molecule has 416 valence electrons. The molecule has 91 heavy (non-hydrogen) atoms. The lowest BCUT2D eigenvalue weighted by Gasteiger charge is -2.30. The maximum Gasteiger partial charge on any atom is 0.231 e. The van der Waals surface area contributed by atoms with Crippen molar-refractivity contribution in [2.75, 3.05) is 0 Å². The Morgan fingerprint density at radius 1 is 0.297 bits per heavy atom. The summed E-state index contributed by atoms with van der Waals surface area (Å²) in [6.07, 6.45) is 0. The molecular formula is C76H36N14O. The van der Waals surface area contributed by atoms with E-state index in [4.69, 9.17) is 14.4 Å². The van der Waals surface area contributed by atoms with Crippen LogP contribution in [0.5, 0.6) is 0 Å². The van der Waals surface area contributed by atoms with Gasteiger partial charge in [-0.15, -0.1) is 0 Å². The molecule has 6 aromatic heterocycles. The fraction of sp³-hybridized carbons (Fsp3) is 0.0263. The Morgan fingerprint density at radius 2 is 0.549 bits per heavy atom. The molecule has 16 aromatic rings. The number of benzene rings is 10. The van der Waals surface area contributed by atoms with Crippen molar-refractivity contribution >= 4 is 98.3 Å². The van der Waals surface area contributed by atoms with Crippen LogP contribution in [0.25, 0.3) is 144 Å². The molecule has 0 aliphatic carbocycles. The van der Waals surface area contributed by atoms with Gasteiger partial charge in [-0.2, -0.15) is 42.1 Å². The first-order chi connectivity index (χ1) is 44.5. The van der Waals surface area contributed by atoms with Crippen LogP contribution in [0.2, 0.25) is 0 Å². The molecule has 0 aliphatic heterocycles. The number of rotatable bonds is 6. The number of pyridine rings is 1. The summed E-state index contributed by atoms with van der Waals surface area (Å²) in [7, 11) is 0. The molecule has 16 rings (SSSR count). The first-order valence-corrected chi connectivity index (χ1v) is 28.7. The molecular weight excluding hydrogens is 1120 g/mol. The van der Waals surface area contributed by atoms with Gasteiger partial charge in [0.25, 0.3) is 0 Å². The van der Waals surface area contributed by atoms with Gasteiger partial charge in [-0.3, -0.25) is 4.98 Å². The molecule has 0 radical (unpaired) electrons. The van der Waals surface area contributed by atoms with E-state index in [9.17, 15) is 42.1 Å². The Kier molecular flexibility index (Phi) is 11.4. The number of para-hydroxylation sites is 2. The van der Waals surface area contributed by atoms with Crippen LogP contribution in [0.4, 0.5) is 0 Å². The van der Waals surface area contributed by atoms with Crippen molar-refractivity contribution in [3.8, 4) is 93.9 Å². The third-order valence-electron chi connectivity index (χ3n) is 17.3. The SMILES string of the molecule is Cc1cc(-c2c(-n3c4ccc(C#N)cc4c4cc(C#N)ccc43)c(-n3c4ccc(C#N)cc4c4cc(C#N)ccc43)c(-c3nc4ccccc4o3)c(-n3c4ccc(C#N)cc4c4cc(C#N)ccc43)c2-n2c3ccc(C#N)cc3c3cc(C#N)ccc32)cc(C)n1. The zero-order chi connectivity index (χ0) is 62.1. The average Bonchev–Trinajstić information content (AvgIpc) is 1.62. The van der Waals surface area contributed by atoms with Crippen LogP contribution >= 0.6 is 0 Å². The summed E-state index contributed by atoms with van der Waals surface area (Å²) in [6.45, 7) is 3.87. The molecule has 0 fully saturated rings. The Bertz CT molecular complexity index is 5760. The van der Waals surface area contributed by atoms with E-state index in [0.717, 1.165) is 0 Å². The summed E-state index contributed by atoms with van der Waals surface area (Å²) in [6, 6.07) is 74.3. The molecule has 15 heteroatoms.